The van der Waals surface area contributed by atoms with Crippen molar-refractivity contribution in [1.82, 2.24) is 15.1 Å². The molecule has 0 fully saturated rings. The number of H-pyrrole nitrogens is 1. The summed E-state index contributed by atoms with van der Waals surface area (Å²) < 4.78 is 11.2. The molecule has 8 heteroatoms. The third kappa shape index (κ3) is 5.48. The van der Waals surface area contributed by atoms with Crippen LogP contribution >= 0.6 is 0 Å². The number of nitrogens with zero attached hydrogens (tertiary/aromatic N) is 2. The number of aryl methyl sites for hydroxylation is 4. The fourth-order valence-electron chi connectivity index (χ4n) is 4.75. The molecule has 0 aliphatic carbocycles. The second-order valence-electron chi connectivity index (χ2n) is 9.08. The van der Waals surface area contributed by atoms with Crippen molar-refractivity contribution in [3.05, 3.63) is 80.8 Å². The Morgan fingerprint density at radius 1 is 0.943 bits per heavy atom. The first kappa shape index (κ1) is 23.0. The zero-order valence-corrected chi connectivity index (χ0v) is 19.6. The Bertz CT molecular complexity index is 1270. The lowest BCUT2D eigenvalue weighted by atomic mass is 9.95. The van der Waals surface area contributed by atoms with Crippen LogP contribution in [0.5, 0.6) is 17.2 Å². The van der Waals surface area contributed by atoms with Gasteiger partial charge in [0.1, 0.15) is 5.75 Å². The van der Waals surface area contributed by atoms with Crippen molar-refractivity contribution in [2.75, 3.05) is 19.9 Å². The largest absolute Gasteiger partial charge is 0.508 e. The zero-order chi connectivity index (χ0) is 24.2. The molecule has 2 bridgehead atoms. The molecule has 0 saturated carbocycles. The summed E-state index contributed by atoms with van der Waals surface area (Å²) in [5, 5.41) is 16.9. The van der Waals surface area contributed by atoms with Crippen LogP contribution in [-0.4, -0.2) is 46.0 Å². The van der Waals surface area contributed by atoms with E-state index in [2.05, 4.69) is 22.3 Å². The van der Waals surface area contributed by atoms with E-state index in [1.807, 2.05) is 17.0 Å². The standard InChI is InChI=1S/C27H29N3O5/c31-23-8-3-18-11-13-30(27(33)10-7-22-6-9-26(32)29-28-22)12-1-2-19-15-24-25(35-17-34-24)16-20(19)4-5-21(23)14-18/h3,6,8-9,14-16,31H,1-2,4-5,7,10-13,17H2,(H,29,32). The monoisotopic (exact) mass is 475 g/mol. The molecular formula is C27H29N3O5. The molecule has 2 N–H and O–H groups in total. The molecule has 0 saturated heterocycles. The minimum absolute atomic E-state index is 0.0674. The van der Waals surface area contributed by atoms with Crippen molar-refractivity contribution in [1.29, 1.82) is 0 Å². The van der Waals surface area contributed by atoms with E-state index in [9.17, 15) is 14.7 Å². The molecule has 1 amide bonds. The number of carbonyl (C=O) groups is 1. The van der Waals surface area contributed by atoms with Gasteiger partial charge in [-0.2, -0.15) is 5.10 Å². The SMILES string of the molecule is O=C(CCc1ccc(=O)[nH]n1)N1CCCc2cc3c(cc2CCc2cc(ccc2O)CC1)OCO3. The lowest BCUT2D eigenvalue weighted by Gasteiger charge is -2.23. The zero-order valence-electron chi connectivity index (χ0n) is 19.6. The first-order valence-corrected chi connectivity index (χ1v) is 12.1. The first-order valence-electron chi connectivity index (χ1n) is 12.1. The quantitative estimate of drug-likeness (QED) is 0.604. The van der Waals surface area contributed by atoms with Gasteiger partial charge in [-0.25, -0.2) is 5.10 Å². The van der Waals surface area contributed by atoms with E-state index in [1.54, 1.807) is 12.1 Å². The van der Waals surface area contributed by atoms with Crippen molar-refractivity contribution in [2.45, 2.75) is 44.9 Å². The summed E-state index contributed by atoms with van der Waals surface area (Å²) in [5.74, 6) is 1.89. The average molecular weight is 476 g/mol. The summed E-state index contributed by atoms with van der Waals surface area (Å²) in [6.45, 7) is 1.49. The predicted molar refractivity (Wildman–Crippen MR) is 130 cm³/mol. The van der Waals surface area contributed by atoms with Crippen LogP contribution in [-0.2, 0) is 36.9 Å². The van der Waals surface area contributed by atoms with Gasteiger partial charge in [0.05, 0.1) is 5.69 Å². The highest BCUT2D eigenvalue weighted by molar-refractivity contribution is 5.76. The maximum Gasteiger partial charge on any atom is 0.264 e. The third-order valence-electron chi connectivity index (χ3n) is 6.73. The minimum Gasteiger partial charge on any atom is -0.508 e. The predicted octanol–water partition coefficient (Wildman–Crippen LogP) is 2.94. The number of aromatic nitrogens is 2. The molecule has 3 heterocycles. The normalized spacial score (nSPS) is 15.5. The van der Waals surface area contributed by atoms with Crippen molar-refractivity contribution in [3.63, 3.8) is 0 Å². The number of phenolic OH excluding ortho intramolecular Hbond substituents is 1. The molecule has 2 aromatic carbocycles. The van der Waals surface area contributed by atoms with Crippen LogP contribution in [0.25, 0.3) is 0 Å². The summed E-state index contributed by atoms with van der Waals surface area (Å²) in [5.41, 5.74) is 4.82. The Labute approximate surface area is 203 Å². The van der Waals surface area contributed by atoms with Gasteiger partial charge in [-0.15, -0.1) is 0 Å². The van der Waals surface area contributed by atoms with Crippen molar-refractivity contribution < 1.29 is 19.4 Å². The second kappa shape index (κ2) is 10.2. The van der Waals surface area contributed by atoms with Gasteiger partial charge in [0, 0.05) is 32.0 Å². The number of rotatable bonds is 3. The Balaban J connectivity index is 1.36. The van der Waals surface area contributed by atoms with Gasteiger partial charge in [-0.05, 0) is 78.6 Å². The minimum atomic E-state index is -0.254. The highest BCUT2D eigenvalue weighted by atomic mass is 16.7. The van der Waals surface area contributed by atoms with Gasteiger partial charge in [-0.1, -0.05) is 12.1 Å². The van der Waals surface area contributed by atoms with Crippen molar-refractivity contribution >= 4 is 5.91 Å². The number of ether oxygens (including phenoxy) is 2. The Kier molecular flexibility index (Phi) is 6.70. The number of benzene rings is 2. The van der Waals surface area contributed by atoms with Crippen molar-refractivity contribution in [2.24, 2.45) is 0 Å². The van der Waals surface area contributed by atoms with E-state index in [0.717, 1.165) is 54.7 Å². The number of aromatic amines is 1. The van der Waals surface area contributed by atoms with Gasteiger partial charge < -0.3 is 19.5 Å². The summed E-state index contributed by atoms with van der Waals surface area (Å²) in [6.07, 6.45) is 4.69. The summed E-state index contributed by atoms with van der Waals surface area (Å²) in [4.78, 5) is 26.3. The molecule has 5 rings (SSSR count). The number of phenols is 1. The summed E-state index contributed by atoms with van der Waals surface area (Å²) >= 11 is 0. The van der Waals surface area contributed by atoms with Gasteiger partial charge in [-0.3, -0.25) is 9.59 Å². The highest BCUT2D eigenvalue weighted by Crippen LogP contribution is 2.36. The molecular weight excluding hydrogens is 446 g/mol. The van der Waals surface area contributed by atoms with E-state index in [4.69, 9.17) is 9.47 Å². The number of fused-ring (bicyclic) bond motifs is 4. The van der Waals surface area contributed by atoms with Crippen LogP contribution in [0, 0.1) is 0 Å². The van der Waals surface area contributed by atoms with Gasteiger partial charge >= 0.3 is 0 Å². The molecule has 3 aromatic rings. The van der Waals surface area contributed by atoms with E-state index in [-0.39, 0.29) is 18.3 Å². The van der Waals surface area contributed by atoms with Crippen LogP contribution in [0.15, 0.2) is 47.3 Å². The van der Waals surface area contributed by atoms with Gasteiger partial charge in [0.2, 0.25) is 12.7 Å². The Morgan fingerprint density at radius 3 is 2.49 bits per heavy atom. The molecule has 1 aromatic heterocycles. The average Bonchev–Trinajstić information content (AvgIpc) is 3.32. The third-order valence-corrected chi connectivity index (χ3v) is 6.73. The molecule has 0 radical (unpaired) electrons. The fraction of sp³-hybridized carbons (Fsp3) is 0.370. The highest BCUT2D eigenvalue weighted by Gasteiger charge is 2.20. The van der Waals surface area contributed by atoms with Crippen LogP contribution in [0.2, 0.25) is 0 Å². The Morgan fingerprint density at radius 2 is 1.71 bits per heavy atom. The molecule has 2 aliphatic heterocycles. The topological polar surface area (TPSA) is 105 Å². The number of hydrogen-bond donors (Lipinski definition) is 2. The lowest BCUT2D eigenvalue weighted by molar-refractivity contribution is -0.131. The van der Waals surface area contributed by atoms with Crippen LogP contribution in [0.1, 0.15) is 40.8 Å². The first-order chi connectivity index (χ1) is 17.0. The Hall–Kier alpha value is -3.81. The molecule has 0 spiro atoms. The van der Waals surface area contributed by atoms with E-state index < -0.39 is 0 Å². The lowest BCUT2D eigenvalue weighted by Crippen LogP contribution is -2.34. The summed E-state index contributed by atoms with van der Waals surface area (Å²) in [6, 6.07) is 12.9. The number of nitrogens with one attached hydrogen (secondary N) is 1. The second-order valence-corrected chi connectivity index (χ2v) is 9.08. The van der Waals surface area contributed by atoms with Crippen molar-refractivity contribution in [3.8, 4) is 17.2 Å². The molecule has 0 unspecified atom stereocenters. The van der Waals surface area contributed by atoms with Crippen LogP contribution < -0.4 is 15.0 Å². The van der Waals surface area contributed by atoms with Crippen LogP contribution in [0.4, 0.5) is 0 Å². The summed E-state index contributed by atoms with van der Waals surface area (Å²) in [7, 11) is 0. The van der Waals surface area contributed by atoms with E-state index >= 15 is 0 Å². The van der Waals surface area contributed by atoms with E-state index in [1.165, 1.54) is 17.2 Å². The smallest absolute Gasteiger partial charge is 0.264 e. The maximum absolute atomic E-state index is 13.2. The van der Waals surface area contributed by atoms with E-state index in [0.29, 0.717) is 37.4 Å². The number of aromatic hydroxyl groups is 1. The molecule has 182 valence electrons. The number of hydrogen-bond acceptors (Lipinski definition) is 6. The van der Waals surface area contributed by atoms with Crippen LogP contribution in [0.3, 0.4) is 0 Å². The van der Waals surface area contributed by atoms with Gasteiger partial charge in [0.25, 0.3) is 5.56 Å². The molecule has 8 nitrogen and oxygen atoms in total. The molecule has 0 atom stereocenters. The number of carbonyl (C=O) groups excluding carboxylic acids is 1. The fourth-order valence-corrected chi connectivity index (χ4v) is 4.75. The van der Waals surface area contributed by atoms with Gasteiger partial charge in [0.15, 0.2) is 11.5 Å². The molecule has 35 heavy (non-hydrogen) atoms. The number of amides is 1. The molecule has 2 aliphatic rings. The maximum atomic E-state index is 13.2.